The van der Waals surface area contributed by atoms with Gasteiger partial charge in [0.05, 0.1) is 4.95 Å². The molecule has 1 unspecified atom stereocenters. The lowest BCUT2D eigenvalue weighted by Gasteiger charge is -2.23. The fourth-order valence-electron chi connectivity index (χ4n) is 2.40. The van der Waals surface area contributed by atoms with Crippen LogP contribution in [0, 0.1) is 0 Å². The number of halogens is 1. The summed E-state index contributed by atoms with van der Waals surface area (Å²) in [5.41, 5.74) is 2.48. The Morgan fingerprint density at radius 3 is 2.39 bits per heavy atom. The molecule has 0 amide bonds. The number of thiazole rings is 1. The first-order chi connectivity index (χ1) is 11.2. The van der Waals surface area contributed by atoms with Gasteiger partial charge in [-0.25, -0.2) is 4.98 Å². The van der Waals surface area contributed by atoms with E-state index in [1.807, 2.05) is 18.3 Å². The van der Waals surface area contributed by atoms with Gasteiger partial charge in [-0.2, -0.15) is 0 Å². The summed E-state index contributed by atoms with van der Waals surface area (Å²) in [5, 5.41) is 1.10. The second kappa shape index (κ2) is 7.86. The number of alkyl halides is 1. The van der Waals surface area contributed by atoms with Crippen molar-refractivity contribution in [3.05, 3.63) is 77.3 Å². The smallest absolute Gasteiger partial charge is 0.123 e. The molecule has 0 aliphatic rings. The molecule has 2 nitrogen and oxygen atoms in total. The van der Waals surface area contributed by atoms with Crippen LogP contribution in [0.5, 0.6) is 0 Å². The third-order valence-corrected chi connectivity index (χ3v) is 6.08. The Labute approximate surface area is 149 Å². The van der Waals surface area contributed by atoms with Crippen molar-refractivity contribution in [2.75, 3.05) is 13.6 Å². The molecule has 0 aliphatic carbocycles. The van der Waals surface area contributed by atoms with Crippen molar-refractivity contribution in [2.45, 2.75) is 11.4 Å². The number of benzene rings is 2. The molecule has 0 radical (unpaired) electrons. The van der Waals surface area contributed by atoms with Gasteiger partial charge in [0.15, 0.2) is 0 Å². The van der Waals surface area contributed by atoms with Crippen molar-refractivity contribution < 1.29 is 0 Å². The van der Waals surface area contributed by atoms with Crippen molar-refractivity contribution in [1.29, 1.82) is 0 Å². The first-order valence-electron chi connectivity index (χ1n) is 7.63. The number of nitrogens with zero attached hydrogens (tertiary/aromatic N) is 2. The van der Waals surface area contributed by atoms with E-state index in [-0.39, 0.29) is 4.95 Å². The molecule has 0 fully saturated rings. The number of hydrogen-bond donors (Lipinski definition) is 0. The van der Waals surface area contributed by atoms with Crippen LogP contribution in [0.15, 0.2) is 66.9 Å². The SMILES string of the molecule is CN(CCc1cnc(-c2ccccc2)s1)C(Br)c1ccccc1. The molecule has 4 heteroatoms. The molecular weight excluding hydrogens is 368 g/mol. The van der Waals surface area contributed by atoms with Crippen LogP contribution in [0.3, 0.4) is 0 Å². The number of likely N-dealkylation sites (N-methyl/N-ethyl adjacent to an activating group) is 1. The molecule has 3 aromatic rings. The van der Waals surface area contributed by atoms with Gasteiger partial charge in [-0.1, -0.05) is 76.6 Å². The zero-order valence-corrected chi connectivity index (χ0v) is 15.4. The Morgan fingerprint density at radius 2 is 1.70 bits per heavy atom. The van der Waals surface area contributed by atoms with E-state index in [1.165, 1.54) is 16.0 Å². The average Bonchev–Trinajstić information content (AvgIpc) is 3.09. The lowest BCUT2D eigenvalue weighted by molar-refractivity contribution is 0.328. The summed E-state index contributed by atoms with van der Waals surface area (Å²) in [6, 6.07) is 20.9. The van der Waals surface area contributed by atoms with Crippen LogP contribution in [-0.4, -0.2) is 23.5 Å². The minimum absolute atomic E-state index is 0.241. The molecule has 1 heterocycles. The summed E-state index contributed by atoms with van der Waals surface area (Å²) in [4.78, 5) is 8.44. The zero-order valence-electron chi connectivity index (χ0n) is 13.0. The maximum Gasteiger partial charge on any atom is 0.123 e. The number of aromatic nitrogens is 1. The third kappa shape index (κ3) is 4.28. The second-order valence-corrected chi connectivity index (χ2v) is 7.46. The van der Waals surface area contributed by atoms with Gasteiger partial charge in [0, 0.05) is 23.2 Å². The Morgan fingerprint density at radius 1 is 1.04 bits per heavy atom. The van der Waals surface area contributed by atoms with Gasteiger partial charge in [-0.15, -0.1) is 11.3 Å². The van der Waals surface area contributed by atoms with E-state index in [0.29, 0.717) is 0 Å². The van der Waals surface area contributed by atoms with Gasteiger partial charge >= 0.3 is 0 Å². The Hall–Kier alpha value is -1.49. The monoisotopic (exact) mass is 386 g/mol. The van der Waals surface area contributed by atoms with Crippen LogP contribution < -0.4 is 0 Å². The summed E-state index contributed by atoms with van der Waals surface area (Å²) in [7, 11) is 2.14. The molecule has 0 saturated carbocycles. The van der Waals surface area contributed by atoms with Crippen LogP contribution in [0.1, 0.15) is 15.4 Å². The van der Waals surface area contributed by atoms with Gasteiger partial charge in [-0.05, 0) is 19.0 Å². The summed E-state index contributed by atoms with van der Waals surface area (Å²) in [5.74, 6) is 0. The quantitative estimate of drug-likeness (QED) is 0.417. The zero-order chi connectivity index (χ0) is 16.1. The molecular formula is C19H19BrN2S. The van der Waals surface area contributed by atoms with Crippen molar-refractivity contribution in [1.82, 2.24) is 9.88 Å². The molecule has 23 heavy (non-hydrogen) atoms. The van der Waals surface area contributed by atoms with E-state index in [2.05, 4.69) is 81.4 Å². The molecule has 118 valence electrons. The Kier molecular flexibility index (Phi) is 5.60. The van der Waals surface area contributed by atoms with Crippen LogP contribution in [-0.2, 0) is 6.42 Å². The highest BCUT2D eigenvalue weighted by Gasteiger charge is 2.13. The normalized spacial score (nSPS) is 12.5. The molecule has 0 N–H and O–H groups in total. The fourth-order valence-corrected chi connectivity index (χ4v) is 3.82. The topological polar surface area (TPSA) is 16.1 Å². The maximum atomic E-state index is 4.56. The van der Waals surface area contributed by atoms with Gasteiger partial charge in [0.25, 0.3) is 0 Å². The summed E-state index contributed by atoms with van der Waals surface area (Å²) >= 11 is 5.56. The van der Waals surface area contributed by atoms with E-state index in [0.717, 1.165) is 18.0 Å². The van der Waals surface area contributed by atoms with Gasteiger partial charge in [0.1, 0.15) is 5.01 Å². The molecule has 0 bridgehead atoms. The summed E-state index contributed by atoms with van der Waals surface area (Å²) < 4.78 is 0. The van der Waals surface area contributed by atoms with E-state index in [9.17, 15) is 0 Å². The van der Waals surface area contributed by atoms with E-state index < -0.39 is 0 Å². The van der Waals surface area contributed by atoms with E-state index in [4.69, 9.17) is 0 Å². The third-order valence-electron chi connectivity index (χ3n) is 3.75. The molecule has 0 spiro atoms. The van der Waals surface area contributed by atoms with Gasteiger partial charge < -0.3 is 0 Å². The molecule has 0 aliphatic heterocycles. The highest BCUT2D eigenvalue weighted by molar-refractivity contribution is 9.09. The number of hydrogen-bond acceptors (Lipinski definition) is 3. The molecule has 1 atom stereocenters. The van der Waals surface area contributed by atoms with Crippen LogP contribution >= 0.6 is 27.3 Å². The summed E-state index contributed by atoms with van der Waals surface area (Å²) in [6.45, 7) is 0.987. The fraction of sp³-hybridized carbons (Fsp3) is 0.211. The lowest BCUT2D eigenvalue weighted by atomic mass is 10.2. The molecule has 1 aromatic heterocycles. The highest BCUT2D eigenvalue weighted by atomic mass is 79.9. The van der Waals surface area contributed by atoms with Crippen molar-refractivity contribution in [3.8, 4) is 10.6 Å². The summed E-state index contributed by atoms with van der Waals surface area (Å²) in [6.07, 6.45) is 3.02. The lowest BCUT2D eigenvalue weighted by Crippen LogP contribution is -2.22. The van der Waals surface area contributed by atoms with Crippen molar-refractivity contribution >= 4 is 27.3 Å². The van der Waals surface area contributed by atoms with Gasteiger partial charge in [-0.3, -0.25) is 4.90 Å². The van der Waals surface area contributed by atoms with E-state index in [1.54, 1.807) is 11.3 Å². The largest absolute Gasteiger partial charge is 0.290 e. The van der Waals surface area contributed by atoms with Gasteiger partial charge in [0.2, 0.25) is 0 Å². The first-order valence-corrected chi connectivity index (χ1v) is 9.36. The first kappa shape index (κ1) is 16.4. The Bertz CT molecular complexity index is 727. The van der Waals surface area contributed by atoms with E-state index >= 15 is 0 Å². The standard InChI is InChI=1S/C19H19BrN2S/c1-22(18(20)15-8-4-2-5-9-15)13-12-17-14-21-19(23-17)16-10-6-3-7-11-16/h2-11,14,18H,12-13H2,1H3. The van der Waals surface area contributed by atoms with Crippen LogP contribution in [0.4, 0.5) is 0 Å². The van der Waals surface area contributed by atoms with Crippen LogP contribution in [0.2, 0.25) is 0 Å². The molecule has 3 rings (SSSR count). The predicted molar refractivity (Wildman–Crippen MR) is 102 cm³/mol. The Balaban J connectivity index is 1.59. The maximum absolute atomic E-state index is 4.56. The predicted octanol–water partition coefficient (Wildman–Crippen LogP) is 5.38. The minimum Gasteiger partial charge on any atom is -0.290 e. The molecule has 0 saturated heterocycles. The molecule has 2 aromatic carbocycles. The van der Waals surface area contributed by atoms with Crippen molar-refractivity contribution in [2.24, 2.45) is 0 Å². The average molecular weight is 387 g/mol. The van der Waals surface area contributed by atoms with Crippen LogP contribution in [0.25, 0.3) is 10.6 Å². The number of rotatable bonds is 6. The van der Waals surface area contributed by atoms with Crippen molar-refractivity contribution in [3.63, 3.8) is 0 Å². The minimum atomic E-state index is 0.241. The second-order valence-electron chi connectivity index (χ2n) is 5.47. The highest BCUT2D eigenvalue weighted by Crippen LogP contribution is 2.28.